The highest BCUT2D eigenvalue weighted by Crippen LogP contribution is 2.21. The maximum atomic E-state index is 5.94. The van der Waals surface area contributed by atoms with Gasteiger partial charge in [-0.2, -0.15) is 0 Å². The molecule has 1 aromatic rings. The molecular weight excluding hydrogens is 198 g/mol. The molecule has 0 saturated heterocycles. The first-order chi connectivity index (χ1) is 6.54. The molecule has 3 nitrogen and oxygen atoms in total. The molecule has 4 N–H and O–H groups in total. The second-order valence-corrected chi connectivity index (χ2v) is 4.13. The van der Waals surface area contributed by atoms with Gasteiger partial charge in [-0.15, -0.1) is 0 Å². The highest BCUT2D eigenvalue weighted by atomic mass is 35.5. The summed E-state index contributed by atoms with van der Waals surface area (Å²) in [5, 5.41) is 0.470. The lowest BCUT2D eigenvalue weighted by Crippen LogP contribution is -2.07. The van der Waals surface area contributed by atoms with Crippen molar-refractivity contribution in [3.05, 3.63) is 22.5 Å². The molecule has 0 amide bonds. The molecule has 1 heterocycles. The second kappa shape index (κ2) is 4.62. The molecule has 0 saturated carbocycles. The van der Waals surface area contributed by atoms with Crippen LogP contribution in [0.4, 0.5) is 5.69 Å². The number of pyridine rings is 1. The zero-order chi connectivity index (χ0) is 10.7. The Balaban J connectivity index is 3.02. The van der Waals surface area contributed by atoms with Gasteiger partial charge in [-0.25, -0.2) is 4.98 Å². The van der Waals surface area contributed by atoms with E-state index in [2.05, 4.69) is 18.8 Å². The first-order valence-corrected chi connectivity index (χ1v) is 5.06. The van der Waals surface area contributed by atoms with E-state index in [0.29, 0.717) is 23.3 Å². The SMILES string of the molecule is CC(C)Cc1nc(Cl)c(CN)cc1N. The summed E-state index contributed by atoms with van der Waals surface area (Å²) in [6, 6.07) is 1.81. The van der Waals surface area contributed by atoms with E-state index in [1.807, 2.05) is 6.07 Å². The third kappa shape index (κ3) is 2.59. The van der Waals surface area contributed by atoms with Crippen LogP contribution < -0.4 is 11.5 Å². The molecule has 4 heteroatoms. The zero-order valence-electron chi connectivity index (χ0n) is 8.55. The Kier molecular flexibility index (Phi) is 3.72. The predicted molar refractivity (Wildman–Crippen MR) is 60.1 cm³/mol. The first-order valence-electron chi connectivity index (χ1n) is 4.68. The highest BCUT2D eigenvalue weighted by Gasteiger charge is 2.08. The van der Waals surface area contributed by atoms with Gasteiger partial charge >= 0.3 is 0 Å². The minimum atomic E-state index is 0.373. The van der Waals surface area contributed by atoms with Crippen LogP contribution in [0.2, 0.25) is 5.15 Å². The number of aromatic nitrogens is 1. The molecule has 0 aliphatic rings. The molecule has 14 heavy (non-hydrogen) atoms. The molecule has 0 unspecified atom stereocenters. The van der Waals surface area contributed by atoms with Gasteiger partial charge in [-0.3, -0.25) is 0 Å². The van der Waals surface area contributed by atoms with Crippen LogP contribution in [0.3, 0.4) is 0 Å². The molecule has 0 spiro atoms. The van der Waals surface area contributed by atoms with Gasteiger partial charge in [0.1, 0.15) is 5.15 Å². The number of hydrogen-bond donors (Lipinski definition) is 2. The highest BCUT2D eigenvalue weighted by molar-refractivity contribution is 6.30. The molecule has 0 aliphatic heterocycles. The fraction of sp³-hybridized carbons (Fsp3) is 0.500. The normalized spacial score (nSPS) is 10.9. The van der Waals surface area contributed by atoms with Crippen LogP contribution in [0, 0.1) is 5.92 Å². The number of rotatable bonds is 3. The third-order valence-corrected chi connectivity index (χ3v) is 2.31. The van der Waals surface area contributed by atoms with Crippen molar-refractivity contribution < 1.29 is 0 Å². The predicted octanol–water partition coefficient (Wildman–Crippen LogP) is 1.97. The zero-order valence-corrected chi connectivity index (χ0v) is 9.30. The molecular formula is C10H16ClN3. The van der Waals surface area contributed by atoms with Crippen molar-refractivity contribution >= 4 is 17.3 Å². The molecule has 0 aliphatic carbocycles. The van der Waals surface area contributed by atoms with Gasteiger partial charge in [0.15, 0.2) is 0 Å². The minimum absolute atomic E-state index is 0.373. The number of nitrogens with zero attached hydrogens (tertiary/aromatic N) is 1. The van der Waals surface area contributed by atoms with E-state index in [1.54, 1.807) is 0 Å². The number of hydrogen-bond acceptors (Lipinski definition) is 3. The maximum Gasteiger partial charge on any atom is 0.133 e. The number of nitrogens with two attached hydrogens (primary N) is 2. The van der Waals surface area contributed by atoms with Gasteiger partial charge in [0.2, 0.25) is 0 Å². The van der Waals surface area contributed by atoms with E-state index in [9.17, 15) is 0 Å². The molecule has 0 atom stereocenters. The lowest BCUT2D eigenvalue weighted by atomic mass is 10.1. The topological polar surface area (TPSA) is 64.9 Å². The summed E-state index contributed by atoms with van der Waals surface area (Å²) < 4.78 is 0. The first kappa shape index (κ1) is 11.3. The number of anilines is 1. The van der Waals surface area contributed by atoms with Crippen LogP contribution in [0.1, 0.15) is 25.1 Å². The van der Waals surface area contributed by atoms with Gasteiger partial charge in [0.25, 0.3) is 0 Å². The van der Waals surface area contributed by atoms with E-state index in [0.717, 1.165) is 17.7 Å². The minimum Gasteiger partial charge on any atom is -0.397 e. The maximum absolute atomic E-state index is 5.94. The van der Waals surface area contributed by atoms with E-state index >= 15 is 0 Å². The van der Waals surface area contributed by atoms with Crippen molar-refractivity contribution in [3.8, 4) is 0 Å². The lowest BCUT2D eigenvalue weighted by molar-refractivity contribution is 0.636. The molecule has 0 bridgehead atoms. The Bertz CT molecular complexity index is 323. The van der Waals surface area contributed by atoms with Crippen molar-refractivity contribution in [1.82, 2.24) is 4.98 Å². The van der Waals surface area contributed by atoms with Crippen LogP contribution in [0.25, 0.3) is 0 Å². The molecule has 1 aromatic heterocycles. The van der Waals surface area contributed by atoms with E-state index in [4.69, 9.17) is 23.1 Å². The molecule has 0 fully saturated rings. The van der Waals surface area contributed by atoms with Crippen molar-refractivity contribution in [1.29, 1.82) is 0 Å². The van der Waals surface area contributed by atoms with Gasteiger partial charge in [0.05, 0.1) is 11.4 Å². The third-order valence-electron chi connectivity index (χ3n) is 1.98. The molecule has 78 valence electrons. The van der Waals surface area contributed by atoms with E-state index in [1.165, 1.54) is 0 Å². The number of halogens is 1. The Morgan fingerprint density at radius 3 is 2.64 bits per heavy atom. The summed E-state index contributed by atoms with van der Waals surface area (Å²) in [6.45, 7) is 4.61. The van der Waals surface area contributed by atoms with Gasteiger partial charge in [0, 0.05) is 12.1 Å². The number of nitrogen functional groups attached to an aromatic ring is 1. The fourth-order valence-corrected chi connectivity index (χ4v) is 1.51. The van der Waals surface area contributed by atoms with Gasteiger partial charge in [-0.05, 0) is 18.4 Å². The van der Waals surface area contributed by atoms with Crippen LogP contribution >= 0.6 is 11.6 Å². The monoisotopic (exact) mass is 213 g/mol. The second-order valence-electron chi connectivity index (χ2n) is 3.78. The van der Waals surface area contributed by atoms with Crippen LogP contribution in [-0.2, 0) is 13.0 Å². The fourth-order valence-electron chi connectivity index (χ4n) is 1.28. The summed E-state index contributed by atoms with van der Waals surface area (Å²) in [5.74, 6) is 0.518. The van der Waals surface area contributed by atoms with Crippen LogP contribution in [-0.4, -0.2) is 4.98 Å². The molecule has 1 rings (SSSR count). The summed E-state index contributed by atoms with van der Waals surface area (Å²) >= 11 is 5.94. The summed E-state index contributed by atoms with van der Waals surface area (Å²) in [6.07, 6.45) is 0.844. The summed E-state index contributed by atoms with van der Waals surface area (Å²) in [5.41, 5.74) is 13.7. The summed E-state index contributed by atoms with van der Waals surface area (Å²) in [4.78, 5) is 4.24. The van der Waals surface area contributed by atoms with E-state index in [-0.39, 0.29) is 0 Å². The van der Waals surface area contributed by atoms with Crippen molar-refractivity contribution in [2.75, 3.05) is 5.73 Å². The average molecular weight is 214 g/mol. The Labute approximate surface area is 89.5 Å². The summed E-state index contributed by atoms with van der Waals surface area (Å²) in [7, 11) is 0. The van der Waals surface area contributed by atoms with E-state index < -0.39 is 0 Å². The molecule has 0 aromatic carbocycles. The van der Waals surface area contributed by atoms with Crippen molar-refractivity contribution in [2.45, 2.75) is 26.8 Å². The van der Waals surface area contributed by atoms with Crippen molar-refractivity contribution in [3.63, 3.8) is 0 Å². The van der Waals surface area contributed by atoms with Gasteiger partial charge < -0.3 is 11.5 Å². The Morgan fingerprint density at radius 2 is 2.14 bits per heavy atom. The van der Waals surface area contributed by atoms with Crippen molar-refractivity contribution in [2.24, 2.45) is 11.7 Å². The molecule has 0 radical (unpaired) electrons. The smallest absolute Gasteiger partial charge is 0.133 e. The quantitative estimate of drug-likeness (QED) is 0.755. The Morgan fingerprint density at radius 1 is 1.50 bits per heavy atom. The average Bonchev–Trinajstić information content (AvgIpc) is 2.10. The Hall–Kier alpha value is -0.800. The van der Waals surface area contributed by atoms with Gasteiger partial charge in [-0.1, -0.05) is 25.4 Å². The largest absolute Gasteiger partial charge is 0.397 e. The lowest BCUT2D eigenvalue weighted by Gasteiger charge is -2.10. The van der Waals surface area contributed by atoms with Crippen LogP contribution in [0.5, 0.6) is 0 Å². The standard InChI is InChI=1S/C10H16ClN3/c1-6(2)3-9-8(13)4-7(5-12)10(11)14-9/h4,6H,3,5,12-13H2,1-2H3. The van der Waals surface area contributed by atoms with Crippen LogP contribution in [0.15, 0.2) is 6.07 Å².